The third kappa shape index (κ3) is 7.28. The van der Waals surface area contributed by atoms with E-state index in [0.29, 0.717) is 23.4 Å². The number of carbonyl (C=O) groups excluding carboxylic acids is 2. The highest BCUT2D eigenvalue weighted by Gasteiger charge is 2.21. The van der Waals surface area contributed by atoms with Gasteiger partial charge in [-0.2, -0.15) is 0 Å². The molecule has 0 unspecified atom stereocenters. The summed E-state index contributed by atoms with van der Waals surface area (Å²) in [4.78, 5) is 27.2. The SMILES string of the molecule is Cc1ccc(NC(=O)CS(=O)(=O)Cc2cccc(C(=O)N(Cc3ccccc3)C(C)C)c2)cc1. The van der Waals surface area contributed by atoms with E-state index in [1.807, 2.05) is 63.2 Å². The molecule has 7 heteroatoms. The fraction of sp³-hybridized carbons (Fsp3) is 0.259. The zero-order valence-corrected chi connectivity index (χ0v) is 20.5. The molecule has 0 atom stereocenters. The minimum atomic E-state index is -3.73. The van der Waals surface area contributed by atoms with Crippen molar-refractivity contribution in [3.63, 3.8) is 0 Å². The molecular weight excluding hydrogens is 448 g/mol. The summed E-state index contributed by atoms with van der Waals surface area (Å²) in [6.07, 6.45) is 0. The Bertz CT molecular complexity index is 1240. The van der Waals surface area contributed by atoms with Gasteiger partial charge in [-0.1, -0.05) is 60.2 Å². The molecule has 34 heavy (non-hydrogen) atoms. The average Bonchev–Trinajstić information content (AvgIpc) is 2.78. The molecule has 6 nitrogen and oxygen atoms in total. The Morgan fingerprint density at radius 1 is 0.882 bits per heavy atom. The molecule has 0 saturated carbocycles. The van der Waals surface area contributed by atoms with Crippen LogP contribution in [0.1, 0.15) is 40.9 Å². The van der Waals surface area contributed by atoms with Crippen LogP contribution in [0.25, 0.3) is 0 Å². The summed E-state index contributed by atoms with van der Waals surface area (Å²) in [7, 11) is -3.73. The molecule has 178 valence electrons. The summed E-state index contributed by atoms with van der Waals surface area (Å²) in [5, 5.41) is 2.61. The first-order chi connectivity index (χ1) is 16.1. The van der Waals surface area contributed by atoms with Gasteiger partial charge < -0.3 is 10.2 Å². The lowest BCUT2D eigenvalue weighted by molar-refractivity contribution is -0.113. The number of aryl methyl sites for hydroxylation is 1. The highest BCUT2D eigenvalue weighted by Crippen LogP contribution is 2.17. The fourth-order valence-electron chi connectivity index (χ4n) is 3.57. The van der Waals surface area contributed by atoms with E-state index >= 15 is 0 Å². The Balaban J connectivity index is 1.69. The van der Waals surface area contributed by atoms with Crippen LogP contribution >= 0.6 is 0 Å². The van der Waals surface area contributed by atoms with Crippen molar-refractivity contribution in [3.05, 3.63) is 101 Å². The molecule has 1 N–H and O–H groups in total. The van der Waals surface area contributed by atoms with Crippen molar-refractivity contribution in [1.82, 2.24) is 4.90 Å². The second kappa shape index (κ2) is 11.1. The number of benzene rings is 3. The summed E-state index contributed by atoms with van der Waals surface area (Å²) in [6.45, 7) is 6.28. The number of nitrogens with one attached hydrogen (secondary N) is 1. The second-order valence-corrected chi connectivity index (χ2v) is 10.7. The van der Waals surface area contributed by atoms with Crippen LogP contribution in [-0.4, -0.2) is 36.9 Å². The van der Waals surface area contributed by atoms with Crippen LogP contribution in [0.3, 0.4) is 0 Å². The molecule has 3 aromatic rings. The Morgan fingerprint density at radius 2 is 1.53 bits per heavy atom. The third-order valence-electron chi connectivity index (χ3n) is 5.33. The predicted molar refractivity (Wildman–Crippen MR) is 135 cm³/mol. The van der Waals surface area contributed by atoms with E-state index in [2.05, 4.69) is 5.32 Å². The van der Waals surface area contributed by atoms with Crippen LogP contribution < -0.4 is 5.32 Å². The predicted octanol–water partition coefficient (Wildman–Crippen LogP) is 4.60. The van der Waals surface area contributed by atoms with Gasteiger partial charge in [0.2, 0.25) is 5.91 Å². The van der Waals surface area contributed by atoms with Crippen LogP contribution in [0.15, 0.2) is 78.9 Å². The minimum Gasteiger partial charge on any atom is -0.332 e. The Kier molecular flexibility index (Phi) is 8.23. The molecule has 0 aliphatic heterocycles. The molecule has 0 heterocycles. The molecule has 3 rings (SSSR count). The lowest BCUT2D eigenvalue weighted by Crippen LogP contribution is -2.36. The topological polar surface area (TPSA) is 83.5 Å². The highest BCUT2D eigenvalue weighted by molar-refractivity contribution is 7.91. The molecule has 0 radical (unpaired) electrons. The quantitative estimate of drug-likeness (QED) is 0.487. The monoisotopic (exact) mass is 478 g/mol. The van der Waals surface area contributed by atoms with Gasteiger partial charge in [0.15, 0.2) is 9.84 Å². The lowest BCUT2D eigenvalue weighted by atomic mass is 10.1. The second-order valence-electron chi connectivity index (χ2n) is 8.66. The minimum absolute atomic E-state index is 0.0365. The number of nitrogens with zero attached hydrogens (tertiary/aromatic N) is 1. The highest BCUT2D eigenvalue weighted by atomic mass is 32.2. The standard InChI is InChI=1S/C27H30N2O4S/c1-20(2)29(17-22-8-5-4-6-9-22)27(31)24-11-7-10-23(16-24)18-34(32,33)19-26(30)28-25-14-12-21(3)13-15-25/h4-16,20H,17-19H2,1-3H3,(H,28,30). The maximum Gasteiger partial charge on any atom is 0.254 e. The number of carbonyl (C=O) groups is 2. The first kappa shape index (κ1) is 25.2. The van der Waals surface area contributed by atoms with Gasteiger partial charge in [-0.15, -0.1) is 0 Å². The van der Waals surface area contributed by atoms with Crippen molar-refractivity contribution in [2.45, 2.75) is 39.1 Å². The maximum absolute atomic E-state index is 13.2. The molecule has 0 fully saturated rings. The number of hydrogen-bond acceptors (Lipinski definition) is 4. The molecule has 0 bridgehead atoms. The Morgan fingerprint density at radius 3 is 2.18 bits per heavy atom. The van der Waals surface area contributed by atoms with Gasteiger partial charge in [0.05, 0.1) is 5.75 Å². The van der Waals surface area contributed by atoms with Gasteiger partial charge in [0, 0.05) is 23.8 Å². The molecule has 3 aromatic carbocycles. The largest absolute Gasteiger partial charge is 0.332 e. The first-order valence-corrected chi connectivity index (χ1v) is 13.0. The number of hydrogen-bond donors (Lipinski definition) is 1. The Labute approximate surface area is 201 Å². The number of sulfone groups is 1. The van der Waals surface area contributed by atoms with Crippen LogP contribution in [0.5, 0.6) is 0 Å². The van der Waals surface area contributed by atoms with Crippen molar-refractivity contribution in [2.24, 2.45) is 0 Å². The zero-order valence-electron chi connectivity index (χ0n) is 19.7. The summed E-state index contributed by atoms with van der Waals surface area (Å²) in [6, 6.07) is 23.4. The van der Waals surface area contributed by atoms with E-state index < -0.39 is 21.5 Å². The van der Waals surface area contributed by atoms with Gasteiger partial charge in [-0.3, -0.25) is 9.59 Å². The molecule has 0 saturated heterocycles. The smallest absolute Gasteiger partial charge is 0.254 e. The van der Waals surface area contributed by atoms with Crippen LogP contribution in [-0.2, 0) is 26.9 Å². The summed E-state index contributed by atoms with van der Waals surface area (Å²) in [5.74, 6) is -1.72. The van der Waals surface area contributed by atoms with Crippen molar-refractivity contribution >= 4 is 27.3 Å². The van der Waals surface area contributed by atoms with Crippen molar-refractivity contribution in [3.8, 4) is 0 Å². The number of amides is 2. The Hall–Kier alpha value is -3.45. The third-order valence-corrected chi connectivity index (χ3v) is 6.80. The zero-order chi connectivity index (χ0) is 24.7. The molecule has 0 spiro atoms. The first-order valence-electron chi connectivity index (χ1n) is 11.1. The van der Waals surface area contributed by atoms with E-state index in [1.54, 1.807) is 41.3 Å². The molecular formula is C27H30N2O4S. The van der Waals surface area contributed by atoms with Crippen LogP contribution in [0.4, 0.5) is 5.69 Å². The molecule has 0 aliphatic rings. The lowest BCUT2D eigenvalue weighted by Gasteiger charge is -2.27. The molecule has 0 aliphatic carbocycles. The number of rotatable bonds is 9. The fourth-order valence-corrected chi connectivity index (χ4v) is 4.83. The van der Waals surface area contributed by atoms with E-state index in [1.165, 1.54) is 0 Å². The van der Waals surface area contributed by atoms with Gasteiger partial charge in [-0.05, 0) is 56.2 Å². The van der Waals surface area contributed by atoms with Gasteiger partial charge in [0.25, 0.3) is 5.91 Å². The van der Waals surface area contributed by atoms with Crippen LogP contribution in [0.2, 0.25) is 0 Å². The van der Waals surface area contributed by atoms with Gasteiger partial charge in [0.1, 0.15) is 5.75 Å². The molecule has 0 aromatic heterocycles. The summed E-state index contributed by atoms with van der Waals surface area (Å²) < 4.78 is 25.3. The maximum atomic E-state index is 13.2. The number of anilines is 1. The van der Waals surface area contributed by atoms with E-state index in [9.17, 15) is 18.0 Å². The van der Waals surface area contributed by atoms with Gasteiger partial charge in [-0.25, -0.2) is 8.42 Å². The van der Waals surface area contributed by atoms with E-state index in [-0.39, 0.29) is 17.7 Å². The molecule has 2 amide bonds. The average molecular weight is 479 g/mol. The van der Waals surface area contributed by atoms with Crippen molar-refractivity contribution in [2.75, 3.05) is 11.1 Å². The van der Waals surface area contributed by atoms with E-state index in [4.69, 9.17) is 0 Å². The van der Waals surface area contributed by atoms with Crippen molar-refractivity contribution in [1.29, 1.82) is 0 Å². The van der Waals surface area contributed by atoms with Crippen LogP contribution in [0, 0.1) is 6.92 Å². The van der Waals surface area contributed by atoms with Crippen molar-refractivity contribution < 1.29 is 18.0 Å². The van der Waals surface area contributed by atoms with Gasteiger partial charge >= 0.3 is 0 Å². The summed E-state index contributed by atoms with van der Waals surface area (Å²) >= 11 is 0. The normalized spacial score (nSPS) is 11.3. The van der Waals surface area contributed by atoms with E-state index in [0.717, 1.165) is 11.1 Å². The summed E-state index contributed by atoms with van der Waals surface area (Å²) in [5.41, 5.74) is 3.49.